The second kappa shape index (κ2) is 10.2. The first kappa shape index (κ1) is 21.0. The lowest BCUT2D eigenvalue weighted by molar-refractivity contribution is 0.102. The van der Waals surface area contributed by atoms with Gasteiger partial charge in [0, 0.05) is 43.1 Å². The summed E-state index contributed by atoms with van der Waals surface area (Å²) in [6.07, 6.45) is 0. The van der Waals surface area contributed by atoms with Crippen LogP contribution in [0, 0.1) is 6.92 Å². The summed E-state index contributed by atoms with van der Waals surface area (Å²) in [6, 6.07) is 13.2. The van der Waals surface area contributed by atoms with Crippen molar-refractivity contribution in [2.75, 3.05) is 49.6 Å². The second-order valence-corrected chi connectivity index (χ2v) is 6.29. The Balaban J connectivity index is 0.00000261. The number of amides is 1. The van der Waals surface area contributed by atoms with Gasteiger partial charge in [0.1, 0.15) is 12.4 Å². The number of ether oxygens (including phenoxy) is 1. The van der Waals surface area contributed by atoms with Gasteiger partial charge in [0.15, 0.2) is 0 Å². The van der Waals surface area contributed by atoms with Crippen molar-refractivity contribution in [3.05, 3.63) is 53.6 Å². The molecular weight excluding hydrogens is 366 g/mol. The zero-order valence-corrected chi connectivity index (χ0v) is 16.2. The predicted octanol–water partition coefficient (Wildman–Crippen LogP) is 2.45. The molecule has 0 spiro atoms. The van der Waals surface area contributed by atoms with E-state index in [4.69, 9.17) is 9.84 Å². The van der Waals surface area contributed by atoms with Crippen molar-refractivity contribution in [1.29, 1.82) is 0 Å². The Hall–Kier alpha value is -2.28. The third-order valence-electron chi connectivity index (χ3n) is 4.42. The van der Waals surface area contributed by atoms with Crippen LogP contribution < -0.4 is 20.3 Å². The van der Waals surface area contributed by atoms with Gasteiger partial charge in [-0.1, -0.05) is 0 Å². The molecule has 0 saturated carbocycles. The number of halogens is 1. The maximum atomic E-state index is 12.5. The van der Waals surface area contributed by atoms with Crippen LogP contribution in [-0.4, -0.2) is 50.4 Å². The number of nitrogens with one attached hydrogen (secondary N) is 2. The molecule has 2 aromatic rings. The predicted molar refractivity (Wildman–Crippen MR) is 110 cm³/mol. The van der Waals surface area contributed by atoms with E-state index in [1.54, 1.807) is 6.07 Å². The maximum Gasteiger partial charge on any atom is 0.255 e. The van der Waals surface area contributed by atoms with E-state index >= 15 is 0 Å². The van der Waals surface area contributed by atoms with Crippen LogP contribution in [0.3, 0.4) is 0 Å². The van der Waals surface area contributed by atoms with Crippen molar-refractivity contribution in [3.63, 3.8) is 0 Å². The number of aliphatic hydroxyl groups is 1. The summed E-state index contributed by atoms with van der Waals surface area (Å²) in [7, 11) is 0. The number of piperazine rings is 1. The standard InChI is InChI=1S/C20H25N3O3.ClH/c1-15-14-18(26-13-12-24)6-7-19(15)22-20(25)16-2-4-17(5-3-16)23-10-8-21-9-11-23;/h2-7,14,21,24H,8-13H2,1H3,(H,22,25);1H. The highest BCUT2D eigenvalue weighted by atomic mass is 35.5. The molecule has 1 saturated heterocycles. The van der Waals surface area contributed by atoms with E-state index in [1.807, 2.05) is 43.3 Å². The van der Waals surface area contributed by atoms with Crippen molar-refractivity contribution in [2.24, 2.45) is 0 Å². The Kier molecular flexibility index (Phi) is 7.91. The smallest absolute Gasteiger partial charge is 0.255 e. The molecule has 3 rings (SSSR count). The highest BCUT2D eigenvalue weighted by Crippen LogP contribution is 2.22. The molecule has 7 heteroatoms. The van der Waals surface area contributed by atoms with Gasteiger partial charge in [0.05, 0.1) is 6.61 Å². The fourth-order valence-electron chi connectivity index (χ4n) is 2.97. The lowest BCUT2D eigenvalue weighted by atomic mass is 10.1. The molecule has 0 aliphatic carbocycles. The average molecular weight is 392 g/mol. The van der Waals surface area contributed by atoms with Gasteiger partial charge in [-0.25, -0.2) is 0 Å². The molecule has 0 aromatic heterocycles. The number of hydrogen-bond donors (Lipinski definition) is 3. The summed E-state index contributed by atoms with van der Waals surface area (Å²) < 4.78 is 5.38. The van der Waals surface area contributed by atoms with Crippen LogP contribution in [0.2, 0.25) is 0 Å². The Morgan fingerprint density at radius 1 is 1.19 bits per heavy atom. The Morgan fingerprint density at radius 2 is 1.89 bits per heavy atom. The SMILES string of the molecule is Cc1cc(OCCO)ccc1NC(=O)c1ccc(N2CCNCC2)cc1.Cl. The van der Waals surface area contributed by atoms with Gasteiger partial charge in [-0.05, 0) is 55.0 Å². The highest BCUT2D eigenvalue weighted by Gasteiger charge is 2.12. The van der Waals surface area contributed by atoms with E-state index in [1.165, 1.54) is 0 Å². The largest absolute Gasteiger partial charge is 0.491 e. The minimum absolute atomic E-state index is 0. The van der Waals surface area contributed by atoms with Gasteiger partial charge < -0.3 is 25.4 Å². The molecule has 0 bridgehead atoms. The molecule has 3 N–H and O–H groups in total. The summed E-state index contributed by atoms with van der Waals surface area (Å²) in [4.78, 5) is 14.8. The van der Waals surface area contributed by atoms with Crippen LogP contribution in [0.4, 0.5) is 11.4 Å². The van der Waals surface area contributed by atoms with Crippen LogP contribution in [0.5, 0.6) is 5.75 Å². The Bertz CT molecular complexity index is 747. The molecule has 146 valence electrons. The van der Waals surface area contributed by atoms with Crippen LogP contribution in [-0.2, 0) is 0 Å². The lowest BCUT2D eigenvalue weighted by Gasteiger charge is -2.29. The molecule has 1 heterocycles. The van der Waals surface area contributed by atoms with Crippen LogP contribution >= 0.6 is 12.4 Å². The van der Waals surface area contributed by atoms with E-state index in [0.29, 0.717) is 11.3 Å². The fourth-order valence-corrected chi connectivity index (χ4v) is 2.97. The lowest BCUT2D eigenvalue weighted by Crippen LogP contribution is -2.43. The topological polar surface area (TPSA) is 73.8 Å². The van der Waals surface area contributed by atoms with Crippen molar-refractivity contribution in [1.82, 2.24) is 5.32 Å². The number of nitrogens with zero attached hydrogens (tertiary/aromatic N) is 1. The van der Waals surface area contributed by atoms with E-state index in [9.17, 15) is 4.79 Å². The third-order valence-corrected chi connectivity index (χ3v) is 4.42. The minimum Gasteiger partial charge on any atom is -0.491 e. The molecule has 0 radical (unpaired) electrons. The molecule has 0 atom stereocenters. The van der Waals surface area contributed by atoms with Gasteiger partial charge in [0.25, 0.3) is 5.91 Å². The molecule has 1 fully saturated rings. The maximum absolute atomic E-state index is 12.5. The fraction of sp³-hybridized carbons (Fsp3) is 0.350. The highest BCUT2D eigenvalue weighted by molar-refractivity contribution is 6.04. The molecule has 0 unspecified atom stereocenters. The van der Waals surface area contributed by atoms with Crippen molar-refractivity contribution in [3.8, 4) is 5.75 Å². The Labute approximate surface area is 165 Å². The number of hydrogen-bond acceptors (Lipinski definition) is 5. The van der Waals surface area contributed by atoms with Gasteiger partial charge in [-0.2, -0.15) is 0 Å². The van der Waals surface area contributed by atoms with E-state index in [-0.39, 0.29) is 31.5 Å². The Morgan fingerprint density at radius 3 is 2.52 bits per heavy atom. The number of carbonyl (C=O) groups is 1. The summed E-state index contributed by atoms with van der Waals surface area (Å²) in [5.41, 5.74) is 3.43. The zero-order chi connectivity index (χ0) is 18.4. The first-order valence-electron chi connectivity index (χ1n) is 8.89. The van der Waals surface area contributed by atoms with E-state index in [2.05, 4.69) is 15.5 Å². The number of anilines is 2. The summed E-state index contributed by atoms with van der Waals surface area (Å²) >= 11 is 0. The third kappa shape index (κ3) is 5.60. The van der Waals surface area contributed by atoms with Crippen molar-refractivity contribution in [2.45, 2.75) is 6.92 Å². The van der Waals surface area contributed by atoms with Gasteiger partial charge in [0.2, 0.25) is 0 Å². The summed E-state index contributed by atoms with van der Waals surface area (Å²) in [5, 5.41) is 15.1. The van der Waals surface area contributed by atoms with Crippen LogP contribution in [0.25, 0.3) is 0 Å². The zero-order valence-electron chi connectivity index (χ0n) is 15.4. The number of aliphatic hydroxyl groups excluding tert-OH is 1. The van der Waals surface area contributed by atoms with Gasteiger partial charge >= 0.3 is 0 Å². The molecule has 2 aromatic carbocycles. The monoisotopic (exact) mass is 391 g/mol. The van der Waals surface area contributed by atoms with Crippen molar-refractivity contribution >= 4 is 29.7 Å². The molecule has 1 aliphatic heterocycles. The first-order valence-corrected chi connectivity index (χ1v) is 8.89. The molecule has 1 aliphatic rings. The van der Waals surface area contributed by atoms with Gasteiger partial charge in [-0.3, -0.25) is 4.79 Å². The van der Waals surface area contributed by atoms with E-state index in [0.717, 1.165) is 43.1 Å². The number of aryl methyl sites for hydroxylation is 1. The normalized spacial score (nSPS) is 13.6. The number of rotatable bonds is 6. The first-order chi connectivity index (χ1) is 12.7. The summed E-state index contributed by atoms with van der Waals surface area (Å²) in [5.74, 6) is 0.541. The minimum atomic E-state index is -0.135. The quantitative estimate of drug-likeness (QED) is 0.705. The number of benzene rings is 2. The molecule has 27 heavy (non-hydrogen) atoms. The molecular formula is C20H26ClN3O3. The van der Waals surface area contributed by atoms with Crippen LogP contribution in [0.1, 0.15) is 15.9 Å². The average Bonchev–Trinajstić information content (AvgIpc) is 2.69. The summed E-state index contributed by atoms with van der Waals surface area (Å²) in [6.45, 7) is 6.07. The molecule has 6 nitrogen and oxygen atoms in total. The number of carbonyl (C=O) groups excluding carboxylic acids is 1. The van der Waals surface area contributed by atoms with E-state index < -0.39 is 0 Å². The molecule has 1 amide bonds. The van der Waals surface area contributed by atoms with Crippen LogP contribution in [0.15, 0.2) is 42.5 Å². The second-order valence-electron chi connectivity index (χ2n) is 6.29. The van der Waals surface area contributed by atoms with Crippen molar-refractivity contribution < 1.29 is 14.6 Å². The van der Waals surface area contributed by atoms with Gasteiger partial charge in [-0.15, -0.1) is 12.4 Å².